The number of hydrogen-bond donors (Lipinski definition) is 3. The molecule has 0 saturated carbocycles. The van der Waals surface area contributed by atoms with Crippen molar-refractivity contribution in [2.24, 2.45) is 16.5 Å². The van der Waals surface area contributed by atoms with E-state index < -0.39 is 0 Å². The van der Waals surface area contributed by atoms with Crippen LogP contribution in [0.25, 0.3) is 0 Å². The van der Waals surface area contributed by atoms with E-state index in [0.29, 0.717) is 0 Å². The van der Waals surface area contributed by atoms with Crippen molar-refractivity contribution in [3.8, 4) is 0 Å². The van der Waals surface area contributed by atoms with Crippen LogP contribution in [0.5, 0.6) is 0 Å². The molecule has 0 aromatic rings. The molecule has 0 aliphatic rings. The quantitative estimate of drug-likeness (QED) is 0.358. The monoisotopic (exact) mass is 206 g/mol. The molecular formula is C6H14N4S2. The van der Waals surface area contributed by atoms with Crippen LogP contribution in [0.3, 0.4) is 0 Å². The van der Waals surface area contributed by atoms with Crippen molar-refractivity contribution in [1.29, 1.82) is 5.41 Å². The van der Waals surface area contributed by atoms with Gasteiger partial charge in [0.25, 0.3) is 0 Å². The molecular weight excluding hydrogens is 192 g/mol. The normalized spacial score (nSPS) is 9.42. The molecule has 0 amide bonds. The van der Waals surface area contributed by atoms with E-state index in [9.17, 15) is 0 Å². The fourth-order valence-corrected chi connectivity index (χ4v) is 1.79. The number of guanidine groups is 1. The second-order valence-corrected chi connectivity index (χ2v) is 4.11. The minimum absolute atomic E-state index is 0.0441. The number of rotatable bonds is 4. The summed E-state index contributed by atoms with van der Waals surface area (Å²) < 4.78 is 0. The molecule has 0 spiro atoms. The fraction of sp³-hybridized carbons (Fsp3) is 0.667. The molecule has 0 aliphatic heterocycles. The van der Waals surface area contributed by atoms with Crippen molar-refractivity contribution in [1.82, 2.24) is 0 Å². The van der Waals surface area contributed by atoms with Gasteiger partial charge in [-0.25, -0.2) is 0 Å². The van der Waals surface area contributed by atoms with E-state index in [-0.39, 0.29) is 11.1 Å². The van der Waals surface area contributed by atoms with Crippen LogP contribution in [0, 0.1) is 5.41 Å². The SMILES string of the molecule is CSCCCSC(=N)N=C(N)N. The summed E-state index contributed by atoms with van der Waals surface area (Å²) in [5.41, 5.74) is 10.2. The predicted molar refractivity (Wildman–Crippen MR) is 59.0 cm³/mol. The molecule has 0 aromatic carbocycles. The van der Waals surface area contributed by atoms with E-state index in [2.05, 4.69) is 11.2 Å². The summed E-state index contributed by atoms with van der Waals surface area (Å²) in [6, 6.07) is 0. The van der Waals surface area contributed by atoms with Crippen molar-refractivity contribution < 1.29 is 0 Å². The zero-order valence-corrected chi connectivity index (χ0v) is 8.67. The highest BCUT2D eigenvalue weighted by atomic mass is 32.2. The molecule has 0 rings (SSSR count). The summed E-state index contributed by atoms with van der Waals surface area (Å²) in [6.45, 7) is 0. The van der Waals surface area contributed by atoms with Crippen LogP contribution < -0.4 is 11.5 Å². The summed E-state index contributed by atoms with van der Waals surface area (Å²) in [4.78, 5) is 3.59. The molecule has 0 aliphatic carbocycles. The highest BCUT2D eigenvalue weighted by Crippen LogP contribution is 2.07. The number of nitrogens with zero attached hydrogens (tertiary/aromatic N) is 1. The molecule has 0 bridgehead atoms. The average Bonchev–Trinajstić information content (AvgIpc) is 1.97. The Hall–Kier alpha value is -0.360. The molecule has 0 unspecified atom stereocenters. The maximum Gasteiger partial charge on any atom is 0.193 e. The Morgan fingerprint density at radius 1 is 1.42 bits per heavy atom. The first-order valence-electron chi connectivity index (χ1n) is 3.46. The molecule has 5 N–H and O–H groups in total. The summed E-state index contributed by atoms with van der Waals surface area (Å²) in [7, 11) is 0. The van der Waals surface area contributed by atoms with Gasteiger partial charge in [-0.2, -0.15) is 16.8 Å². The van der Waals surface area contributed by atoms with E-state index in [0.717, 1.165) is 17.9 Å². The highest BCUT2D eigenvalue weighted by Gasteiger charge is 1.94. The van der Waals surface area contributed by atoms with Gasteiger partial charge in [-0.3, -0.25) is 5.41 Å². The van der Waals surface area contributed by atoms with Crippen molar-refractivity contribution in [3.63, 3.8) is 0 Å². The molecule has 6 heteroatoms. The van der Waals surface area contributed by atoms with E-state index in [1.165, 1.54) is 11.8 Å². The topological polar surface area (TPSA) is 88.2 Å². The van der Waals surface area contributed by atoms with Gasteiger partial charge >= 0.3 is 0 Å². The van der Waals surface area contributed by atoms with Gasteiger partial charge in [0.2, 0.25) is 0 Å². The third kappa shape index (κ3) is 7.74. The van der Waals surface area contributed by atoms with Crippen LogP contribution >= 0.6 is 23.5 Å². The van der Waals surface area contributed by atoms with Crippen LogP contribution in [0.15, 0.2) is 4.99 Å². The lowest BCUT2D eigenvalue weighted by molar-refractivity contribution is 1.13. The van der Waals surface area contributed by atoms with Gasteiger partial charge in [-0.1, -0.05) is 11.8 Å². The Kier molecular flexibility index (Phi) is 7.08. The summed E-state index contributed by atoms with van der Waals surface area (Å²) >= 11 is 3.17. The molecule has 0 radical (unpaired) electrons. The highest BCUT2D eigenvalue weighted by molar-refractivity contribution is 8.13. The summed E-state index contributed by atoms with van der Waals surface area (Å²) in [5.74, 6) is 1.97. The Balaban J connectivity index is 3.39. The third-order valence-corrected chi connectivity index (χ3v) is 2.52. The van der Waals surface area contributed by atoms with E-state index in [1.807, 2.05) is 0 Å². The lowest BCUT2D eigenvalue weighted by atomic mass is 10.6. The van der Waals surface area contributed by atoms with Gasteiger partial charge in [-0.05, 0) is 18.4 Å². The standard InChI is InChI=1S/C6H14N4S2/c1-11-3-2-4-12-6(9)10-5(7)8/h2-4H2,1H3,(H5,7,8,9,10). The number of nitrogens with one attached hydrogen (secondary N) is 1. The number of nitrogens with two attached hydrogens (primary N) is 2. The van der Waals surface area contributed by atoms with Crippen LogP contribution in [-0.2, 0) is 0 Å². The zero-order valence-electron chi connectivity index (χ0n) is 7.04. The fourth-order valence-electron chi connectivity index (χ4n) is 0.522. The summed E-state index contributed by atoms with van der Waals surface area (Å²) in [6.07, 6.45) is 3.14. The second kappa shape index (κ2) is 7.30. The molecule has 0 saturated heterocycles. The van der Waals surface area contributed by atoms with Crippen LogP contribution in [0.4, 0.5) is 0 Å². The Morgan fingerprint density at radius 2 is 2.08 bits per heavy atom. The van der Waals surface area contributed by atoms with Crippen LogP contribution in [0.2, 0.25) is 0 Å². The van der Waals surface area contributed by atoms with Crippen LogP contribution in [-0.4, -0.2) is 28.9 Å². The van der Waals surface area contributed by atoms with Gasteiger partial charge in [-0.15, -0.1) is 0 Å². The Morgan fingerprint density at radius 3 is 2.58 bits per heavy atom. The smallest absolute Gasteiger partial charge is 0.193 e. The van der Waals surface area contributed by atoms with Gasteiger partial charge < -0.3 is 11.5 Å². The van der Waals surface area contributed by atoms with E-state index in [4.69, 9.17) is 16.9 Å². The largest absolute Gasteiger partial charge is 0.370 e. The third-order valence-electron chi connectivity index (χ3n) is 0.962. The average molecular weight is 206 g/mol. The predicted octanol–water partition coefficient (Wildman–Crippen LogP) is 0.681. The van der Waals surface area contributed by atoms with E-state index >= 15 is 0 Å². The minimum atomic E-state index is -0.0441. The first-order valence-corrected chi connectivity index (χ1v) is 5.84. The summed E-state index contributed by atoms with van der Waals surface area (Å²) in [5, 5.41) is 7.45. The van der Waals surface area contributed by atoms with Crippen LogP contribution in [0.1, 0.15) is 6.42 Å². The van der Waals surface area contributed by atoms with Gasteiger partial charge in [0.15, 0.2) is 11.1 Å². The minimum Gasteiger partial charge on any atom is -0.370 e. The number of hydrogen-bond acceptors (Lipinski definition) is 3. The number of aliphatic imine (C=N–C) groups is 1. The maximum absolute atomic E-state index is 7.26. The number of amidine groups is 1. The van der Waals surface area contributed by atoms with Gasteiger partial charge in [0.1, 0.15) is 0 Å². The Bertz CT molecular complexity index is 165. The molecule has 12 heavy (non-hydrogen) atoms. The lowest BCUT2D eigenvalue weighted by Gasteiger charge is -1.97. The van der Waals surface area contributed by atoms with Crippen molar-refractivity contribution in [2.45, 2.75) is 6.42 Å². The van der Waals surface area contributed by atoms with Crippen molar-refractivity contribution >= 4 is 34.7 Å². The lowest BCUT2D eigenvalue weighted by Crippen LogP contribution is -2.23. The molecule has 4 nitrogen and oxygen atoms in total. The second-order valence-electron chi connectivity index (χ2n) is 2.04. The molecule has 0 fully saturated rings. The first-order chi connectivity index (χ1) is 5.66. The van der Waals surface area contributed by atoms with Crippen molar-refractivity contribution in [3.05, 3.63) is 0 Å². The molecule has 0 aromatic heterocycles. The van der Waals surface area contributed by atoms with Gasteiger partial charge in [0, 0.05) is 5.75 Å². The van der Waals surface area contributed by atoms with E-state index in [1.54, 1.807) is 11.8 Å². The number of thioether (sulfide) groups is 2. The maximum atomic E-state index is 7.26. The first kappa shape index (κ1) is 11.6. The molecule has 0 heterocycles. The van der Waals surface area contributed by atoms with Gasteiger partial charge in [0.05, 0.1) is 0 Å². The molecule has 70 valence electrons. The molecule has 0 atom stereocenters. The Labute approximate surface area is 81.1 Å². The zero-order chi connectivity index (χ0) is 9.40. The van der Waals surface area contributed by atoms with Crippen molar-refractivity contribution in [2.75, 3.05) is 17.8 Å².